The van der Waals surface area contributed by atoms with Crippen LogP contribution in [-0.4, -0.2) is 24.0 Å². The van der Waals surface area contributed by atoms with E-state index in [1.54, 1.807) is 0 Å². The third-order valence-electron chi connectivity index (χ3n) is 3.59. The van der Waals surface area contributed by atoms with Crippen LogP contribution in [0.1, 0.15) is 26.7 Å². The van der Waals surface area contributed by atoms with Crippen molar-refractivity contribution in [2.45, 2.75) is 38.8 Å². The Morgan fingerprint density at radius 1 is 1.00 bits per heavy atom. The second-order valence-corrected chi connectivity index (χ2v) is 4.23. The molecule has 0 aromatic carbocycles. The van der Waals surface area contributed by atoms with E-state index in [0.717, 1.165) is 23.9 Å². The SMILES string of the molecule is C[C@H]1C[C@@H]2[C@@H](C)C[C@H]1N2C. The average molecular weight is 139 g/mol. The van der Waals surface area contributed by atoms with Crippen molar-refractivity contribution in [3.05, 3.63) is 0 Å². The lowest BCUT2D eigenvalue weighted by molar-refractivity contribution is 0.290. The molecule has 2 aliphatic rings. The maximum Gasteiger partial charge on any atom is 0.0125 e. The molecule has 0 aromatic heterocycles. The quantitative estimate of drug-likeness (QED) is 0.494. The van der Waals surface area contributed by atoms with E-state index >= 15 is 0 Å². The van der Waals surface area contributed by atoms with Gasteiger partial charge in [-0.15, -0.1) is 0 Å². The molecule has 0 spiro atoms. The van der Waals surface area contributed by atoms with Gasteiger partial charge in [-0.25, -0.2) is 0 Å². The van der Waals surface area contributed by atoms with E-state index in [9.17, 15) is 0 Å². The molecular weight excluding hydrogens is 122 g/mol. The molecule has 0 unspecified atom stereocenters. The Labute approximate surface area is 63.4 Å². The van der Waals surface area contributed by atoms with E-state index < -0.39 is 0 Å². The molecule has 2 fully saturated rings. The summed E-state index contributed by atoms with van der Waals surface area (Å²) in [6.07, 6.45) is 2.89. The highest BCUT2D eigenvalue weighted by Crippen LogP contribution is 2.43. The lowest BCUT2D eigenvalue weighted by Crippen LogP contribution is -2.25. The van der Waals surface area contributed by atoms with Gasteiger partial charge < -0.3 is 0 Å². The maximum atomic E-state index is 2.59. The number of hydrogen-bond acceptors (Lipinski definition) is 1. The Morgan fingerprint density at radius 3 is 1.60 bits per heavy atom. The highest BCUT2D eigenvalue weighted by atomic mass is 15.2. The number of rotatable bonds is 0. The van der Waals surface area contributed by atoms with E-state index in [1.807, 2.05) is 0 Å². The van der Waals surface area contributed by atoms with Crippen molar-refractivity contribution in [2.24, 2.45) is 11.8 Å². The Bertz CT molecular complexity index is 128. The largest absolute Gasteiger partial charge is 0.300 e. The van der Waals surface area contributed by atoms with Crippen LogP contribution in [0.4, 0.5) is 0 Å². The fraction of sp³-hybridized carbons (Fsp3) is 1.00. The van der Waals surface area contributed by atoms with E-state index in [-0.39, 0.29) is 0 Å². The second-order valence-electron chi connectivity index (χ2n) is 4.23. The summed E-state index contributed by atoms with van der Waals surface area (Å²) in [5.74, 6) is 1.93. The Kier molecular flexibility index (Phi) is 1.31. The van der Waals surface area contributed by atoms with Gasteiger partial charge in [-0.3, -0.25) is 4.90 Å². The van der Waals surface area contributed by atoms with Gasteiger partial charge in [0.2, 0.25) is 0 Å². The minimum atomic E-state index is 0.917. The molecular formula is C9H17N. The Hall–Kier alpha value is -0.0400. The van der Waals surface area contributed by atoms with Crippen LogP contribution in [0.15, 0.2) is 0 Å². The van der Waals surface area contributed by atoms with Gasteiger partial charge in [0, 0.05) is 12.1 Å². The summed E-state index contributed by atoms with van der Waals surface area (Å²) in [6, 6.07) is 1.83. The van der Waals surface area contributed by atoms with E-state index in [2.05, 4.69) is 25.8 Å². The van der Waals surface area contributed by atoms with Crippen molar-refractivity contribution in [3.8, 4) is 0 Å². The van der Waals surface area contributed by atoms with Crippen molar-refractivity contribution in [1.29, 1.82) is 0 Å². The maximum absolute atomic E-state index is 2.59. The fourth-order valence-electron chi connectivity index (χ4n) is 2.92. The molecule has 1 nitrogen and oxygen atoms in total. The van der Waals surface area contributed by atoms with Gasteiger partial charge in [0.1, 0.15) is 0 Å². The van der Waals surface area contributed by atoms with Crippen molar-refractivity contribution in [3.63, 3.8) is 0 Å². The summed E-state index contributed by atoms with van der Waals surface area (Å²) in [5, 5.41) is 0. The van der Waals surface area contributed by atoms with Crippen molar-refractivity contribution >= 4 is 0 Å². The van der Waals surface area contributed by atoms with Gasteiger partial charge in [-0.1, -0.05) is 13.8 Å². The number of nitrogens with zero attached hydrogens (tertiary/aromatic N) is 1. The zero-order valence-electron chi connectivity index (χ0n) is 7.17. The Morgan fingerprint density at radius 2 is 1.40 bits per heavy atom. The molecule has 0 radical (unpaired) electrons. The van der Waals surface area contributed by atoms with Crippen LogP contribution in [0.5, 0.6) is 0 Å². The highest BCUT2D eigenvalue weighted by Gasteiger charge is 2.45. The summed E-state index contributed by atoms with van der Waals surface area (Å²) in [7, 11) is 2.29. The van der Waals surface area contributed by atoms with Crippen LogP contribution in [0.3, 0.4) is 0 Å². The summed E-state index contributed by atoms with van der Waals surface area (Å²) in [4.78, 5) is 2.59. The monoisotopic (exact) mass is 139 g/mol. The first kappa shape index (κ1) is 6.66. The first-order chi connectivity index (χ1) is 4.70. The van der Waals surface area contributed by atoms with Crippen LogP contribution < -0.4 is 0 Å². The molecule has 2 saturated heterocycles. The van der Waals surface area contributed by atoms with Gasteiger partial charge in [0.15, 0.2) is 0 Å². The van der Waals surface area contributed by atoms with Crippen LogP contribution in [0, 0.1) is 11.8 Å². The predicted octanol–water partition coefficient (Wildman–Crippen LogP) is 1.74. The summed E-state index contributed by atoms with van der Waals surface area (Å²) in [5.41, 5.74) is 0. The molecule has 1 heteroatoms. The number of fused-ring (bicyclic) bond motifs is 2. The molecule has 2 heterocycles. The van der Waals surface area contributed by atoms with Gasteiger partial charge in [0.25, 0.3) is 0 Å². The molecule has 2 aliphatic heterocycles. The minimum absolute atomic E-state index is 0.917. The van der Waals surface area contributed by atoms with Gasteiger partial charge >= 0.3 is 0 Å². The summed E-state index contributed by atoms with van der Waals surface area (Å²) < 4.78 is 0. The first-order valence-electron chi connectivity index (χ1n) is 4.42. The van der Waals surface area contributed by atoms with Gasteiger partial charge in [-0.05, 0) is 31.7 Å². The summed E-state index contributed by atoms with van der Waals surface area (Å²) in [6.45, 7) is 4.79. The number of hydrogen-bond donors (Lipinski definition) is 0. The highest BCUT2D eigenvalue weighted by molar-refractivity contribution is 5.00. The van der Waals surface area contributed by atoms with Crippen LogP contribution >= 0.6 is 0 Å². The van der Waals surface area contributed by atoms with Gasteiger partial charge in [0.05, 0.1) is 0 Å². The molecule has 4 atom stereocenters. The Balaban J connectivity index is 2.17. The smallest absolute Gasteiger partial charge is 0.0125 e. The third kappa shape index (κ3) is 0.672. The molecule has 10 heavy (non-hydrogen) atoms. The van der Waals surface area contributed by atoms with Crippen LogP contribution in [-0.2, 0) is 0 Å². The molecule has 58 valence electrons. The zero-order chi connectivity index (χ0) is 7.30. The molecule has 0 amide bonds. The molecule has 0 saturated carbocycles. The van der Waals surface area contributed by atoms with E-state index in [1.165, 1.54) is 12.8 Å². The topological polar surface area (TPSA) is 3.24 Å². The van der Waals surface area contributed by atoms with Crippen molar-refractivity contribution in [1.82, 2.24) is 4.90 Å². The van der Waals surface area contributed by atoms with Crippen LogP contribution in [0.2, 0.25) is 0 Å². The molecule has 2 rings (SSSR count). The minimum Gasteiger partial charge on any atom is -0.300 e. The van der Waals surface area contributed by atoms with Gasteiger partial charge in [-0.2, -0.15) is 0 Å². The lowest BCUT2D eigenvalue weighted by atomic mass is 9.84. The molecule has 0 aliphatic carbocycles. The lowest BCUT2D eigenvalue weighted by Gasteiger charge is -2.19. The average Bonchev–Trinajstić information content (AvgIpc) is 2.26. The second kappa shape index (κ2) is 1.97. The molecule has 0 N–H and O–H groups in total. The normalized spacial score (nSPS) is 54.3. The van der Waals surface area contributed by atoms with E-state index in [4.69, 9.17) is 0 Å². The zero-order valence-corrected chi connectivity index (χ0v) is 7.17. The predicted molar refractivity (Wildman–Crippen MR) is 42.9 cm³/mol. The fourth-order valence-corrected chi connectivity index (χ4v) is 2.92. The van der Waals surface area contributed by atoms with E-state index in [0.29, 0.717) is 0 Å². The standard InChI is InChI=1S/C9H17N/c1-6-4-9-7(2)5-8(6)10(9)3/h6-9H,4-5H2,1-3H3/t6-,7-,8+,9+/m0/s1. The molecule has 2 bridgehead atoms. The first-order valence-corrected chi connectivity index (χ1v) is 4.42. The van der Waals surface area contributed by atoms with Crippen molar-refractivity contribution < 1.29 is 0 Å². The third-order valence-corrected chi connectivity index (χ3v) is 3.59. The van der Waals surface area contributed by atoms with Crippen molar-refractivity contribution in [2.75, 3.05) is 7.05 Å². The summed E-state index contributed by atoms with van der Waals surface area (Å²) >= 11 is 0. The molecule has 0 aromatic rings. The van der Waals surface area contributed by atoms with Crippen LogP contribution in [0.25, 0.3) is 0 Å².